The first-order chi connectivity index (χ1) is 16.2. The first-order valence-electron chi connectivity index (χ1n) is 10.2. The Kier molecular flexibility index (Phi) is 7.08. The van der Waals surface area contributed by atoms with Gasteiger partial charge in [0.05, 0.1) is 10.8 Å². The smallest absolute Gasteiger partial charge is 0.327 e. The summed E-state index contributed by atoms with van der Waals surface area (Å²) in [5.41, 5.74) is -0.452. The number of alkyl halides is 3. The van der Waals surface area contributed by atoms with Crippen molar-refractivity contribution in [3.05, 3.63) is 27.9 Å². The van der Waals surface area contributed by atoms with Gasteiger partial charge in [0.15, 0.2) is 23.0 Å². The van der Waals surface area contributed by atoms with E-state index >= 15 is 0 Å². The normalized spacial score (nSPS) is 18.4. The number of fused-ring (bicyclic) bond motifs is 1. The number of aromatic nitrogens is 2. The molecule has 2 aliphatic heterocycles. The number of rotatable bonds is 5. The first-order valence-corrected chi connectivity index (χ1v) is 11.9. The Morgan fingerprint density at radius 1 is 1.38 bits per heavy atom. The van der Waals surface area contributed by atoms with E-state index in [-0.39, 0.29) is 23.2 Å². The number of hydrogen-bond donors (Lipinski definition) is 1. The van der Waals surface area contributed by atoms with Gasteiger partial charge in [0.1, 0.15) is 0 Å². The number of nitrogens with one attached hydrogen (secondary N) is 1. The average Bonchev–Trinajstić information content (AvgIpc) is 3.42. The molecule has 1 N–H and O–H groups in total. The molecule has 34 heavy (non-hydrogen) atoms. The third-order valence-corrected chi connectivity index (χ3v) is 7.28. The largest absolute Gasteiger partial charge is 0.493 e. The van der Waals surface area contributed by atoms with Crippen LogP contribution >= 0.6 is 23.1 Å². The summed E-state index contributed by atoms with van der Waals surface area (Å²) in [7, 11) is 1.54. The standard InChI is InChI=1S/C20H21F3N6O3S2/c1-3-4-9-28-14-15(25-18(26(2)16(14)30)34-13-6-5-12-33-13)29(32-17(31)20(21,22)23)19(28)27-10-7-24-8-11-27/h5-6,12,19,24H,7-11H2,1-2H3. The molecule has 4 rings (SSSR count). The number of piperazine rings is 1. The molecule has 0 spiro atoms. The number of carbonyl (C=O) groups is 1. The van der Waals surface area contributed by atoms with Gasteiger partial charge in [0.2, 0.25) is 0 Å². The minimum atomic E-state index is -5.22. The third-order valence-electron chi connectivity index (χ3n) is 5.20. The summed E-state index contributed by atoms with van der Waals surface area (Å²) >= 11 is 2.63. The van der Waals surface area contributed by atoms with E-state index in [0.29, 0.717) is 26.2 Å². The summed E-state index contributed by atoms with van der Waals surface area (Å²) in [5.74, 6) is 3.07. The van der Waals surface area contributed by atoms with Gasteiger partial charge < -0.3 is 15.1 Å². The second kappa shape index (κ2) is 9.87. The predicted octanol–water partition coefficient (Wildman–Crippen LogP) is 1.85. The minimum Gasteiger partial charge on any atom is -0.327 e. The summed E-state index contributed by atoms with van der Waals surface area (Å²) in [6, 6.07) is 3.67. The lowest BCUT2D eigenvalue weighted by atomic mass is 10.3. The molecule has 1 atom stereocenters. The Bertz CT molecular complexity index is 1170. The van der Waals surface area contributed by atoms with Gasteiger partial charge in [-0.1, -0.05) is 12.0 Å². The van der Waals surface area contributed by atoms with E-state index in [0.717, 1.165) is 9.27 Å². The SMILES string of the molecule is CC#CCN1c2c(nc(Sc3cccs3)n(C)c2=O)N(OC(=O)C(F)(F)F)C1N1CCNCC1. The van der Waals surface area contributed by atoms with Crippen LogP contribution in [0.2, 0.25) is 0 Å². The quantitative estimate of drug-likeness (QED) is 0.475. The van der Waals surface area contributed by atoms with Gasteiger partial charge in [-0.3, -0.25) is 14.3 Å². The summed E-state index contributed by atoms with van der Waals surface area (Å²) < 4.78 is 41.7. The van der Waals surface area contributed by atoms with Crippen molar-refractivity contribution in [2.75, 3.05) is 42.7 Å². The highest BCUT2D eigenvalue weighted by molar-refractivity contribution is 8.01. The molecule has 9 nitrogen and oxygen atoms in total. The van der Waals surface area contributed by atoms with E-state index in [4.69, 9.17) is 4.84 Å². The summed E-state index contributed by atoms with van der Waals surface area (Å²) in [6.45, 7) is 3.71. The van der Waals surface area contributed by atoms with Crippen LogP contribution in [0.5, 0.6) is 0 Å². The van der Waals surface area contributed by atoms with Crippen molar-refractivity contribution < 1.29 is 22.8 Å². The second-order valence-electron chi connectivity index (χ2n) is 7.35. The van der Waals surface area contributed by atoms with Gasteiger partial charge in [-0.05, 0) is 30.1 Å². The molecule has 182 valence electrons. The highest BCUT2D eigenvalue weighted by Gasteiger charge is 2.50. The maximum Gasteiger partial charge on any atom is 0.493 e. The highest BCUT2D eigenvalue weighted by Crippen LogP contribution is 2.40. The van der Waals surface area contributed by atoms with Crippen LogP contribution in [0.3, 0.4) is 0 Å². The van der Waals surface area contributed by atoms with Gasteiger partial charge in [0.25, 0.3) is 5.56 Å². The molecular weight excluding hydrogens is 493 g/mol. The van der Waals surface area contributed by atoms with E-state index in [2.05, 4.69) is 22.1 Å². The Morgan fingerprint density at radius 2 is 2.12 bits per heavy atom. The first kappa shape index (κ1) is 24.4. The molecule has 0 saturated carbocycles. The van der Waals surface area contributed by atoms with Crippen LogP contribution < -0.4 is 20.8 Å². The van der Waals surface area contributed by atoms with Gasteiger partial charge >= 0.3 is 12.1 Å². The van der Waals surface area contributed by atoms with Crippen LogP contribution in [0, 0.1) is 11.8 Å². The Balaban J connectivity index is 1.85. The van der Waals surface area contributed by atoms with Crippen LogP contribution in [-0.4, -0.2) is 65.6 Å². The van der Waals surface area contributed by atoms with Crippen LogP contribution in [0.25, 0.3) is 0 Å². The maximum absolute atomic E-state index is 13.4. The maximum atomic E-state index is 13.4. The van der Waals surface area contributed by atoms with Crippen LogP contribution in [0.4, 0.5) is 24.7 Å². The topological polar surface area (TPSA) is 82.9 Å². The summed E-state index contributed by atoms with van der Waals surface area (Å²) in [6.07, 6.45) is -6.23. The zero-order valence-electron chi connectivity index (χ0n) is 18.3. The monoisotopic (exact) mass is 514 g/mol. The van der Waals surface area contributed by atoms with Crippen molar-refractivity contribution in [1.29, 1.82) is 0 Å². The Hall–Kier alpha value is -2.73. The fourth-order valence-electron chi connectivity index (χ4n) is 3.63. The van der Waals surface area contributed by atoms with Crippen molar-refractivity contribution in [2.45, 2.75) is 28.8 Å². The van der Waals surface area contributed by atoms with Crippen LogP contribution in [-0.2, 0) is 16.7 Å². The predicted molar refractivity (Wildman–Crippen MR) is 122 cm³/mol. The zero-order valence-corrected chi connectivity index (χ0v) is 19.9. The molecule has 1 saturated heterocycles. The number of thiophene rings is 1. The highest BCUT2D eigenvalue weighted by atomic mass is 32.2. The lowest BCUT2D eigenvalue weighted by Gasteiger charge is -2.40. The fourth-order valence-corrected chi connectivity index (χ4v) is 5.34. The van der Waals surface area contributed by atoms with Crippen molar-refractivity contribution in [3.63, 3.8) is 0 Å². The summed E-state index contributed by atoms with van der Waals surface area (Å²) in [4.78, 5) is 38.0. The third kappa shape index (κ3) is 4.74. The van der Waals surface area contributed by atoms with Gasteiger partial charge in [-0.2, -0.15) is 13.2 Å². The molecule has 2 aliphatic rings. The summed E-state index contributed by atoms with van der Waals surface area (Å²) in [5, 5.41) is 6.08. The average molecular weight is 515 g/mol. The molecule has 0 aliphatic carbocycles. The molecule has 14 heteroatoms. The Labute approximate surface area is 201 Å². The second-order valence-corrected chi connectivity index (χ2v) is 9.57. The number of carbonyl (C=O) groups excluding carboxylic acids is 1. The Morgan fingerprint density at radius 3 is 2.74 bits per heavy atom. The van der Waals surface area contributed by atoms with Crippen molar-refractivity contribution in [2.24, 2.45) is 7.05 Å². The molecular formula is C20H21F3N6O3S2. The number of halogens is 3. The molecule has 0 aromatic carbocycles. The lowest BCUT2D eigenvalue weighted by Crippen LogP contribution is -2.61. The van der Waals surface area contributed by atoms with Crippen LogP contribution in [0.15, 0.2) is 31.7 Å². The molecule has 2 aromatic rings. The van der Waals surface area contributed by atoms with Gasteiger partial charge in [0, 0.05) is 33.2 Å². The van der Waals surface area contributed by atoms with E-state index < -0.39 is 24.0 Å². The van der Waals surface area contributed by atoms with Crippen LogP contribution in [0.1, 0.15) is 6.92 Å². The molecule has 4 heterocycles. The van der Waals surface area contributed by atoms with Gasteiger partial charge in [-0.15, -0.1) is 22.3 Å². The van der Waals surface area contributed by atoms with E-state index in [1.54, 1.807) is 14.0 Å². The van der Waals surface area contributed by atoms with Crippen molar-refractivity contribution in [3.8, 4) is 11.8 Å². The molecule has 1 unspecified atom stereocenters. The van der Waals surface area contributed by atoms with Crippen molar-refractivity contribution in [1.82, 2.24) is 19.8 Å². The number of hydrogen-bond acceptors (Lipinski definition) is 10. The van der Waals surface area contributed by atoms with E-state index in [1.807, 2.05) is 22.4 Å². The van der Waals surface area contributed by atoms with Crippen molar-refractivity contribution >= 4 is 40.6 Å². The number of anilines is 2. The lowest BCUT2D eigenvalue weighted by molar-refractivity contribution is -0.203. The zero-order chi connectivity index (χ0) is 24.5. The number of hydroxylamine groups is 1. The van der Waals surface area contributed by atoms with Gasteiger partial charge in [-0.25, -0.2) is 9.78 Å². The van der Waals surface area contributed by atoms with E-state index in [1.165, 1.54) is 32.6 Å². The molecule has 2 aromatic heterocycles. The number of nitrogens with zero attached hydrogens (tertiary/aromatic N) is 5. The molecule has 0 bridgehead atoms. The van der Waals surface area contributed by atoms with E-state index in [9.17, 15) is 22.8 Å². The molecule has 0 radical (unpaired) electrons. The molecule has 1 fully saturated rings. The minimum absolute atomic E-state index is 0.0271. The molecule has 0 amide bonds. The fraction of sp³-hybridized carbons (Fsp3) is 0.450.